The van der Waals surface area contributed by atoms with Crippen LogP contribution >= 0.6 is 0 Å². The second-order valence-corrected chi connectivity index (χ2v) is 5.14. The minimum absolute atomic E-state index is 0.187. The summed E-state index contributed by atoms with van der Waals surface area (Å²) in [5.74, 6) is -0.493. The number of aliphatic carboxylic acids is 1. The van der Waals surface area contributed by atoms with Crippen LogP contribution in [0.2, 0.25) is 0 Å². The first kappa shape index (κ1) is 15.2. The van der Waals surface area contributed by atoms with Crippen molar-refractivity contribution >= 4 is 12.0 Å². The molecule has 1 aliphatic heterocycles. The van der Waals surface area contributed by atoms with Gasteiger partial charge in [0, 0.05) is 12.1 Å². The van der Waals surface area contributed by atoms with Crippen molar-refractivity contribution in [1.29, 1.82) is 0 Å². The second-order valence-electron chi connectivity index (χ2n) is 5.14. The van der Waals surface area contributed by atoms with Crippen molar-refractivity contribution in [3.05, 3.63) is 29.8 Å². The SMILES string of the molecule is CC(CCNC(=O)N1CCOc2ccccc2C1)C(=O)O. The van der Waals surface area contributed by atoms with E-state index in [1.807, 2.05) is 24.3 Å². The Labute approximate surface area is 123 Å². The van der Waals surface area contributed by atoms with Gasteiger partial charge in [-0.1, -0.05) is 25.1 Å². The van der Waals surface area contributed by atoms with Crippen molar-refractivity contribution < 1.29 is 19.4 Å². The van der Waals surface area contributed by atoms with Gasteiger partial charge in [-0.2, -0.15) is 0 Å². The molecule has 6 heteroatoms. The summed E-state index contributed by atoms with van der Waals surface area (Å²) in [5.41, 5.74) is 0.976. The van der Waals surface area contributed by atoms with Crippen LogP contribution in [0.25, 0.3) is 0 Å². The minimum atomic E-state index is -0.846. The molecule has 114 valence electrons. The number of amides is 2. The topological polar surface area (TPSA) is 78.9 Å². The first-order valence-electron chi connectivity index (χ1n) is 7.04. The Morgan fingerprint density at radius 2 is 2.19 bits per heavy atom. The number of carboxylic acid groups (broad SMARTS) is 1. The zero-order valence-corrected chi connectivity index (χ0v) is 12.0. The number of para-hydroxylation sites is 1. The summed E-state index contributed by atoms with van der Waals surface area (Å²) in [6.45, 7) is 3.44. The highest BCUT2D eigenvalue weighted by molar-refractivity contribution is 5.74. The van der Waals surface area contributed by atoms with E-state index in [9.17, 15) is 9.59 Å². The molecule has 0 saturated carbocycles. The van der Waals surface area contributed by atoms with Crippen LogP contribution in [0.3, 0.4) is 0 Å². The number of ether oxygens (including phenoxy) is 1. The molecule has 21 heavy (non-hydrogen) atoms. The molecule has 0 fully saturated rings. The number of hydrogen-bond acceptors (Lipinski definition) is 3. The largest absolute Gasteiger partial charge is 0.491 e. The molecule has 1 aromatic carbocycles. The summed E-state index contributed by atoms with van der Waals surface area (Å²) in [7, 11) is 0. The van der Waals surface area contributed by atoms with Crippen molar-refractivity contribution in [2.75, 3.05) is 19.7 Å². The van der Waals surface area contributed by atoms with Crippen LogP contribution in [0.15, 0.2) is 24.3 Å². The van der Waals surface area contributed by atoms with E-state index in [-0.39, 0.29) is 6.03 Å². The lowest BCUT2D eigenvalue weighted by atomic mass is 10.1. The molecule has 0 aliphatic carbocycles. The van der Waals surface area contributed by atoms with E-state index in [1.165, 1.54) is 0 Å². The number of hydrogen-bond donors (Lipinski definition) is 2. The fraction of sp³-hybridized carbons (Fsp3) is 0.467. The number of rotatable bonds is 4. The summed E-state index contributed by atoms with van der Waals surface area (Å²) in [4.78, 5) is 24.5. The molecule has 0 aromatic heterocycles. The third kappa shape index (κ3) is 4.11. The minimum Gasteiger partial charge on any atom is -0.491 e. The molecule has 1 atom stereocenters. The molecule has 0 bridgehead atoms. The van der Waals surface area contributed by atoms with Gasteiger partial charge in [0.25, 0.3) is 0 Å². The lowest BCUT2D eigenvalue weighted by Gasteiger charge is -2.20. The van der Waals surface area contributed by atoms with Gasteiger partial charge in [0.05, 0.1) is 19.0 Å². The number of urea groups is 1. The van der Waals surface area contributed by atoms with Gasteiger partial charge in [-0.25, -0.2) is 4.79 Å². The third-order valence-electron chi connectivity index (χ3n) is 3.51. The third-order valence-corrected chi connectivity index (χ3v) is 3.51. The summed E-state index contributed by atoms with van der Waals surface area (Å²) in [5, 5.41) is 11.6. The average molecular weight is 292 g/mol. The summed E-state index contributed by atoms with van der Waals surface area (Å²) >= 11 is 0. The fourth-order valence-electron chi connectivity index (χ4n) is 2.13. The number of benzene rings is 1. The van der Waals surface area contributed by atoms with Gasteiger partial charge in [-0.3, -0.25) is 4.79 Å². The van der Waals surface area contributed by atoms with E-state index in [2.05, 4.69) is 5.32 Å². The van der Waals surface area contributed by atoms with E-state index < -0.39 is 11.9 Å². The van der Waals surface area contributed by atoms with Gasteiger partial charge in [-0.15, -0.1) is 0 Å². The normalized spacial score (nSPS) is 15.4. The lowest BCUT2D eigenvalue weighted by Crippen LogP contribution is -2.41. The number of nitrogens with one attached hydrogen (secondary N) is 1. The highest BCUT2D eigenvalue weighted by atomic mass is 16.5. The number of nitrogens with zero attached hydrogens (tertiary/aromatic N) is 1. The zero-order chi connectivity index (χ0) is 15.2. The van der Waals surface area contributed by atoms with Crippen LogP contribution in [0.1, 0.15) is 18.9 Å². The summed E-state index contributed by atoms with van der Waals surface area (Å²) < 4.78 is 5.60. The predicted octanol–water partition coefficient (Wildman–Crippen LogP) is 1.70. The van der Waals surface area contributed by atoms with E-state index >= 15 is 0 Å². The quantitative estimate of drug-likeness (QED) is 0.885. The zero-order valence-electron chi connectivity index (χ0n) is 12.0. The predicted molar refractivity (Wildman–Crippen MR) is 77.2 cm³/mol. The monoisotopic (exact) mass is 292 g/mol. The molecule has 1 unspecified atom stereocenters. The van der Waals surface area contributed by atoms with Crippen molar-refractivity contribution in [1.82, 2.24) is 10.2 Å². The number of fused-ring (bicyclic) bond motifs is 1. The second kappa shape index (κ2) is 6.97. The number of carboxylic acids is 1. The fourth-order valence-corrected chi connectivity index (χ4v) is 2.13. The van der Waals surface area contributed by atoms with Crippen LogP contribution in [0.5, 0.6) is 5.75 Å². The molecule has 0 saturated heterocycles. The van der Waals surface area contributed by atoms with Gasteiger partial charge in [-0.05, 0) is 12.5 Å². The van der Waals surface area contributed by atoms with E-state index in [0.29, 0.717) is 32.7 Å². The van der Waals surface area contributed by atoms with Gasteiger partial charge in [0.2, 0.25) is 0 Å². The maximum absolute atomic E-state index is 12.1. The summed E-state index contributed by atoms with van der Waals surface area (Å²) in [6.07, 6.45) is 0.419. The van der Waals surface area contributed by atoms with Crippen molar-refractivity contribution in [2.45, 2.75) is 19.9 Å². The smallest absolute Gasteiger partial charge is 0.317 e. The molecule has 1 aromatic rings. The molecule has 2 N–H and O–H groups in total. The molecular weight excluding hydrogens is 272 g/mol. The maximum Gasteiger partial charge on any atom is 0.317 e. The molecule has 2 amide bonds. The van der Waals surface area contributed by atoms with Gasteiger partial charge < -0.3 is 20.1 Å². The number of carbonyl (C=O) groups is 2. The van der Waals surface area contributed by atoms with Crippen LogP contribution in [0, 0.1) is 5.92 Å². The molecule has 6 nitrogen and oxygen atoms in total. The van der Waals surface area contributed by atoms with Crippen molar-refractivity contribution in [3.63, 3.8) is 0 Å². The van der Waals surface area contributed by atoms with Crippen molar-refractivity contribution in [2.24, 2.45) is 5.92 Å². The van der Waals surface area contributed by atoms with Crippen LogP contribution in [-0.4, -0.2) is 41.7 Å². The maximum atomic E-state index is 12.1. The highest BCUT2D eigenvalue weighted by Gasteiger charge is 2.19. The van der Waals surface area contributed by atoms with Crippen LogP contribution in [0.4, 0.5) is 4.79 Å². The molecule has 1 heterocycles. The molecule has 1 aliphatic rings. The van der Waals surface area contributed by atoms with Crippen molar-refractivity contribution in [3.8, 4) is 5.75 Å². The Morgan fingerprint density at radius 3 is 2.95 bits per heavy atom. The van der Waals surface area contributed by atoms with Crippen LogP contribution in [-0.2, 0) is 11.3 Å². The van der Waals surface area contributed by atoms with Gasteiger partial charge in [0.1, 0.15) is 12.4 Å². The molecule has 0 radical (unpaired) electrons. The van der Waals surface area contributed by atoms with E-state index in [0.717, 1.165) is 11.3 Å². The van der Waals surface area contributed by atoms with Crippen LogP contribution < -0.4 is 10.1 Å². The standard InChI is InChI=1S/C15H20N2O4/c1-11(14(18)19)6-7-16-15(20)17-8-9-21-13-5-3-2-4-12(13)10-17/h2-5,11H,6-10H2,1H3,(H,16,20)(H,18,19). The lowest BCUT2D eigenvalue weighted by molar-refractivity contribution is -0.141. The Hall–Kier alpha value is -2.24. The number of carbonyl (C=O) groups excluding carboxylic acids is 1. The Balaban J connectivity index is 1.87. The molecule has 0 spiro atoms. The Morgan fingerprint density at radius 1 is 1.43 bits per heavy atom. The first-order chi connectivity index (χ1) is 10.1. The summed E-state index contributed by atoms with van der Waals surface area (Å²) in [6, 6.07) is 7.46. The highest BCUT2D eigenvalue weighted by Crippen LogP contribution is 2.22. The van der Waals surface area contributed by atoms with Gasteiger partial charge >= 0.3 is 12.0 Å². The molecular formula is C15H20N2O4. The van der Waals surface area contributed by atoms with E-state index in [4.69, 9.17) is 9.84 Å². The molecule has 2 rings (SSSR count). The Kier molecular flexibility index (Phi) is 5.03. The van der Waals surface area contributed by atoms with E-state index in [1.54, 1.807) is 11.8 Å². The average Bonchev–Trinajstić information content (AvgIpc) is 2.69. The Bertz CT molecular complexity index is 518. The van der Waals surface area contributed by atoms with Gasteiger partial charge in [0.15, 0.2) is 0 Å². The first-order valence-corrected chi connectivity index (χ1v) is 7.04.